The number of hydrogen-bond acceptors (Lipinski definition) is 6. The van der Waals surface area contributed by atoms with E-state index in [1.165, 1.54) is 4.68 Å². The summed E-state index contributed by atoms with van der Waals surface area (Å²) in [4.78, 5) is 12.5. The number of aromatic nitrogens is 2. The van der Waals surface area contributed by atoms with E-state index in [0.29, 0.717) is 34.4 Å². The third kappa shape index (κ3) is 4.56. The van der Waals surface area contributed by atoms with Gasteiger partial charge in [0.15, 0.2) is 11.5 Å². The lowest BCUT2D eigenvalue weighted by Gasteiger charge is -2.04. The molecule has 2 heterocycles. The molecule has 4 rings (SSSR count). The van der Waals surface area contributed by atoms with Gasteiger partial charge in [0.05, 0.1) is 19.3 Å². The van der Waals surface area contributed by atoms with Crippen molar-refractivity contribution in [2.24, 2.45) is 7.05 Å². The highest BCUT2D eigenvalue weighted by Crippen LogP contribution is 2.35. The number of methoxy groups -OCH3 is 1. The lowest BCUT2D eigenvalue weighted by atomic mass is 10.1. The molecule has 0 radical (unpaired) electrons. The van der Waals surface area contributed by atoms with Crippen molar-refractivity contribution in [2.45, 2.75) is 0 Å². The van der Waals surface area contributed by atoms with Crippen LogP contribution in [0.2, 0.25) is 0 Å². The van der Waals surface area contributed by atoms with Crippen LogP contribution in [-0.2, 0) is 7.05 Å². The van der Waals surface area contributed by atoms with Crippen LogP contribution >= 0.6 is 0 Å². The number of carbonyl (C=O) groups excluding carboxylic acids is 1. The van der Waals surface area contributed by atoms with Gasteiger partial charge in [0.2, 0.25) is 6.79 Å². The van der Waals surface area contributed by atoms with Crippen LogP contribution in [0, 0.1) is 11.8 Å². The number of fused-ring (bicyclic) bond motifs is 1. The van der Waals surface area contributed by atoms with E-state index in [0.717, 1.165) is 5.56 Å². The predicted octanol–water partition coefficient (Wildman–Crippen LogP) is 2.64. The molecular weight excluding hydrogens is 398 g/mol. The number of hydrogen-bond donors (Lipinski definition) is 1. The topological polar surface area (TPSA) is 83.8 Å². The van der Waals surface area contributed by atoms with Gasteiger partial charge >= 0.3 is 0 Å². The molecule has 2 aromatic carbocycles. The van der Waals surface area contributed by atoms with Gasteiger partial charge in [0.1, 0.15) is 23.8 Å². The Hall–Kier alpha value is -4.12. The molecule has 0 unspecified atom stereocenters. The molecule has 0 spiro atoms. The quantitative estimate of drug-likeness (QED) is 0.619. The van der Waals surface area contributed by atoms with Crippen molar-refractivity contribution >= 4 is 5.91 Å². The molecule has 1 aliphatic heterocycles. The molecule has 31 heavy (non-hydrogen) atoms. The fraction of sp³-hybridized carbons (Fsp3) is 0.217. The number of aryl methyl sites for hydroxylation is 1. The molecule has 0 aliphatic carbocycles. The van der Waals surface area contributed by atoms with E-state index in [-0.39, 0.29) is 25.9 Å². The maximum Gasteiger partial charge on any atom is 0.270 e. The molecule has 1 amide bonds. The standard InChI is InChI=1S/C23H21N3O5/c1-26-19(14-18(25-26)17-7-3-4-8-20(17)28-2)23(27)24-11-5-6-12-29-16-9-10-21-22(13-16)31-15-30-21/h3-4,7-10,13-14H,11-12,15H2,1-2H3,(H,24,27). The zero-order valence-electron chi connectivity index (χ0n) is 17.2. The second-order valence-corrected chi connectivity index (χ2v) is 6.58. The normalized spacial score (nSPS) is 11.4. The monoisotopic (exact) mass is 419 g/mol. The first kappa shape index (κ1) is 20.2. The van der Waals surface area contributed by atoms with E-state index >= 15 is 0 Å². The largest absolute Gasteiger partial charge is 0.496 e. The second kappa shape index (κ2) is 9.13. The van der Waals surface area contributed by atoms with Gasteiger partial charge in [-0.3, -0.25) is 9.48 Å². The molecule has 8 nitrogen and oxygen atoms in total. The van der Waals surface area contributed by atoms with Gasteiger partial charge in [0, 0.05) is 18.7 Å². The third-order valence-corrected chi connectivity index (χ3v) is 4.61. The summed E-state index contributed by atoms with van der Waals surface area (Å²) in [7, 11) is 3.32. The highest BCUT2D eigenvalue weighted by Gasteiger charge is 2.16. The highest BCUT2D eigenvalue weighted by molar-refractivity contribution is 5.94. The summed E-state index contributed by atoms with van der Waals surface area (Å²) in [6, 6.07) is 14.6. The zero-order valence-corrected chi connectivity index (χ0v) is 17.2. The molecule has 8 heteroatoms. The van der Waals surface area contributed by atoms with E-state index in [9.17, 15) is 4.79 Å². The molecule has 1 aliphatic rings. The molecular formula is C23H21N3O5. The smallest absolute Gasteiger partial charge is 0.270 e. The van der Waals surface area contributed by atoms with Crippen molar-refractivity contribution in [1.29, 1.82) is 0 Å². The predicted molar refractivity (Wildman–Crippen MR) is 113 cm³/mol. The fourth-order valence-corrected chi connectivity index (χ4v) is 3.08. The van der Waals surface area contributed by atoms with Gasteiger partial charge in [0.25, 0.3) is 5.91 Å². The minimum atomic E-state index is -0.262. The number of nitrogens with zero attached hydrogens (tertiary/aromatic N) is 2. The van der Waals surface area contributed by atoms with Crippen LogP contribution in [0.5, 0.6) is 23.0 Å². The van der Waals surface area contributed by atoms with Gasteiger partial charge in [-0.1, -0.05) is 24.0 Å². The lowest BCUT2D eigenvalue weighted by Crippen LogP contribution is -2.25. The summed E-state index contributed by atoms with van der Waals surface area (Å²) >= 11 is 0. The van der Waals surface area contributed by atoms with Crippen molar-refractivity contribution in [3.05, 3.63) is 54.2 Å². The van der Waals surface area contributed by atoms with E-state index in [1.807, 2.05) is 24.3 Å². The van der Waals surface area contributed by atoms with E-state index in [4.69, 9.17) is 18.9 Å². The summed E-state index contributed by atoms with van der Waals surface area (Å²) in [5.41, 5.74) is 1.91. The third-order valence-electron chi connectivity index (χ3n) is 4.61. The molecule has 0 saturated carbocycles. The van der Waals surface area contributed by atoms with E-state index in [1.54, 1.807) is 38.4 Å². The molecule has 1 N–H and O–H groups in total. The zero-order chi connectivity index (χ0) is 21.6. The Kier molecular flexibility index (Phi) is 5.94. The molecule has 0 fully saturated rings. The SMILES string of the molecule is COc1ccccc1-c1cc(C(=O)NCC#CCOc2ccc3c(c2)OCO3)n(C)n1. The average molecular weight is 419 g/mol. The minimum absolute atomic E-state index is 0.193. The lowest BCUT2D eigenvalue weighted by molar-refractivity contribution is 0.0949. The van der Waals surface area contributed by atoms with Crippen LogP contribution < -0.4 is 24.3 Å². The van der Waals surface area contributed by atoms with Crippen molar-refractivity contribution in [1.82, 2.24) is 15.1 Å². The van der Waals surface area contributed by atoms with Crippen molar-refractivity contribution in [2.75, 3.05) is 27.1 Å². The van der Waals surface area contributed by atoms with Gasteiger partial charge in [-0.25, -0.2) is 0 Å². The summed E-state index contributed by atoms with van der Waals surface area (Å²) in [6.45, 7) is 0.604. The number of nitrogens with one attached hydrogen (secondary N) is 1. The van der Waals surface area contributed by atoms with Crippen LogP contribution in [0.15, 0.2) is 48.5 Å². The summed E-state index contributed by atoms with van der Waals surface area (Å²) < 4.78 is 23.0. The van der Waals surface area contributed by atoms with Gasteiger partial charge in [-0.2, -0.15) is 5.10 Å². The Balaban J connectivity index is 1.30. The molecule has 0 atom stereocenters. The fourth-order valence-electron chi connectivity index (χ4n) is 3.08. The van der Waals surface area contributed by atoms with Crippen LogP contribution in [0.1, 0.15) is 10.5 Å². The maximum absolute atomic E-state index is 12.5. The Morgan fingerprint density at radius 2 is 2.00 bits per heavy atom. The van der Waals surface area contributed by atoms with Crippen LogP contribution in [-0.4, -0.2) is 42.7 Å². The molecule has 1 aromatic heterocycles. The van der Waals surface area contributed by atoms with Crippen LogP contribution in [0.3, 0.4) is 0 Å². The molecule has 0 saturated heterocycles. The molecule has 158 valence electrons. The molecule has 0 bridgehead atoms. The first-order chi connectivity index (χ1) is 15.2. The average Bonchev–Trinajstić information content (AvgIpc) is 3.42. The van der Waals surface area contributed by atoms with Crippen LogP contribution in [0.25, 0.3) is 11.3 Å². The highest BCUT2D eigenvalue weighted by atomic mass is 16.7. The Bertz CT molecular complexity index is 1160. The number of rotatable bonds is 6. The Labute approximate surface area is 179 Å². The van der Waals surface area contributed by atoms with Gasteiger partial charge < -0.3 is 24.3 Å². The first-order valence-corrected chi connectivity index (χ1v) is 9.59. The van der Waals surface area contributed by atoms with Crippen molar-refractivity contribution in [3.8, 4) is 46.1 Å². The Morgan fingerprint density at radius 3 is 2.87 bits per heavy atom. The van der Waals surface area contributed by atoms with E-state index < -0.39 is 0 Å². The minimum Gasteiger partial charge on any atom is -0.496 e. The summed E-state index contributed by atoms with van der Waals surface area (Å²) in [5, 5.41) is 7.20. The number of para-hydroxylation sites is 1. The number of carbonyl (C=O) groups is 1. The summed E-state index contributed by atoms with van der Waals surface area (Å²) in [6.07, 6.45) is 0. The number of benzene rings is 2. The Morgan fingerprint density at radius 1 is 1.16 bits per heavy atom. The second-order valence-electron chi connectivity index (χ2n) is 6.58. The summed E-state index contributed by atoms with van der Waals surface area (Å²) in [5.74, 6) is 8.17. The molecule has 3 aromatic rings. The number of ether oxygens (including phenoxy) is 4. The van der Waals surface area contributed by atoms with Gasteiger partial charge in [-0.15, -0.1) is 0 Å². The van der Waals surface area contributed by atoms with Crippen molar-refractivity contribution < 1.29 is 23.7 Å². The van der Waals surface area contributed by atoms with Gasteiger partial charge in [-0.05, 0) is 30.3 Å². The number of amides is 1. The van der Waals surface area contributed by atoms with Crippen molar-refractivity contribution in [3.63, 3.8) is 0 Å². The first-order valence-electron chi connectivity index (χ1n) is 9.59. The maximum atomic E-state index is 12.5. The van der Waals surface area contributed by atoms with E-state index in [2.05, 4.69) is 22.3 Å². The van der Waals surface area contributed by atoms with Crippen LogP contribution in [0.4, 0.5) is 0 Å².